The van der Waals surface area contributed by atoms with E-state index in [0.29, 0.717) is 26.7 Å². The molecule has 1 N–H and O–H groups in total. The Labute approximate surface area is 185 Å². The normalized spacial score (nSPS) is 11.0. The summed E-state index contributed by atoms with van der Waals surface area (Å²) in [6.45, 7) is 9.40. The van der Waals surface area contributed by atoms with Gasteiger partial charge in [0.1, 0.15) is 16.3 Å². The van der Waals surface area contributed by atoms with Crippen LogP contribution in [0.2, 0.25) is 0 Å². The van der Waals surface area contributed by atoms with Crippen LogP contribution in [0.3, 0.4) is 0 Å². The van der Waals surface area contributed by atoms with E-state index in [-0.39, 0.29) is 23.5 Å². The predicted octanol–water partition coefficient (Wildman–Crippen LogP) is 3.89. The molecule has 0 fully saturated rings. The summed E-state index contributed by atoms with van der Waals surface area (Å²) < 4.78 is 28.6. The Kier molecular flexibility index (Phi) is 7.39. The summed E-state index contributed by atoms with van der Waals surface area (Å²) in [5.74, 6) is -2.24. The van der Waals surface area contributed by atoms with E-state index in [1.807, 2.05) is 18.7 Å². The lowest BCUT2D eigenvalue weighted by Gasteiger charge is -2.15. The van der Waals surface area contributed by atoms with E-state index in [4.69, 9.17) is 0 Å². The number of hydrogen-bond donors (Lipinski definition) is 1. The number of anilines is 2. The molecule has 3 rings (SSSR count). The van der Waals surface area contributed by atoms with Crippen LogP contribution in [0.1, 0.15) is 13.8 Å². The van der Waals surface area contributed by atoms with Crippen LogP contribution in [-0.2, 0) is 11.3 Å². The van der Waals surface area contributed by atoms with Gasteiger partial charge in [0.05, 0.1) is 11.4 Å². The molecule has 164 valence electrons. The van der Waals surface area contributed by atoms with Gasteiger partial charge in [-0.05, 0) is 26.0 Å². The van der Waals surface area contributed by atoms with E-state index in [9.17, 15) is 18.4 Å². The first-order valence-electron chi connectivity index (χ1n) is 9.52. The maximum Gasteiger partial charge on any atom is 0.274 e. The van der Waals surface area contributed by atoms with E-state index < -0.39 is 17.5 Å². The van der Waals surface area contributed by atoms with Crippen molar-refractivity contribution in [3.05, 3.63) is 52.8 Å². The molecule has 2 aromatic heterocycles. The maximum atomic E-state index is 13.8. The van der Waals surface area contributed by atoms with Crippen molar-refractivity contribution in [1.29, 1.82) is 0 Å². The number of thiazole rings is 1. The molecule has 0 aliphatic carbocycles. The molecule has 2 heterocycles. The number of carbonyl (C=O) groups is 1. The molecule has 0 saturated heterocycles. The molecule has 0 unspecified atom stereocenters. The summed E-state index contributed by atoms with van der Waals surface area (Å²) in [7, 11) is 0. The highest BCUT2D eigenvalue weighted by Gasteiger charge is 2.18. The topological polar surface area (TPSA) is 80.1 Å². The number of nitrogens with one attached hydrogen (secondary N) is 1. The number of thioether (sulfide) groups is 1. The number of amides is 1. The number of allylic oxidation sites excluding steroid dienone is 1. The Hall–Kier alpha value is -2.79. The second-order valence-electron chi connectivity index (χ2n) is 6.38. The minimum Gasteiger partial charge on any atom is -0.349 e. The third kappa shape index (κ3) is 5.10. The van der Waals surface area contributed by atoms with Gasteiger partial charge in [-0.15, -0.1) is 6.58 Å². The Morgan fingerprint density at radius 2 is 2.06 bits per heavy atom. The van der Waals surface area contributed by atoms with E-state index in [0.717, 1.165) is 37.0 Å². The van der Waals surface area contributed by atoms with E-state index in [1.54, 1.807) is 6.08 Å². The van der Waals surface area contributed by atoms with Gasteiger partial charge in [-0.1, -0.05) is 29.2 Å². The Balaban J connectivity index is 1.86. The number of fused-ring (bicyclic) bond motifs is 1. The van der Waals surface area contributed by atoms with Crippen LogP contribution in [0.25, 0.3) is 10.3 Å². The number of carbonyl (C=O) groups excluding carboxylic acids is 1. The van der Waals surface area contributed by atoms with Crippen LogP contribution in [0.4, 0.5) is 19.6 Å². The van der Waals surface area contributed by atoms with Crippen LogP contribution < -0.4 is 15.8 Å². The highest BCUT2D eigenvalue weighted by molar-refractivity contribution is 7.99. The lowest BCUT2D eigenvalue weighted by Crippen LogP contribution is -2.23. The molecule has 0 spiro atoms. The molecule has 0 saturated carbocycles. The van der Waals surface area contributed by atoms with Gasteiger partial charge in [0.25, 0.3) is 5.56 Å². The summed E-state index contributed by atoms with van der Waals surface area (Å²) in [5, 5.41) is 3.41. The number of aromatic nitrogens is 3. The number of benzene rings is 1. The third-order valence-electron chi connectivity index (χ3n) is 4.35. The summed E-state index contributed by atoms with van der Waals surface area (Å²) in [6, 6.07) is 2.89. The second-order valence-corrected chi connectivity index (χ2v) is 8.30. The first-order chi connectivity index (χ1) is 14.9. The van der Waals surface area contributed by atoms with Gasteiger partial charge in [0.15, 0.2) is 15.9 Å². The fraction of sp³-hybridized carbons (Fsp3) is 0.300. The van der Waals surface area contributed by atoms with Crippen molar-refractivity contribution in [2.75, 3.05) is 29.1 Å². The maximum absolute atomic E-state index is 13.8. The first kappa shape index (κ1) is 22.9. The number of rotatable bonds is 9. The van der Waals surface area contributed by atoms with Crippen molar-refractivity contribution in [1.82, 2.24) is 14.5 Å². The van der Waals surface area contributed by atoms with Crippen molar-refractivity contribution in [3.8, 4) is 0 Å². The SMILES string of the molecule is C=CCn1c(SCC(=O)Nc2ccc(F)cc2F)nc2nc(N(CC)CC)sc2c1=O. The summed E-state index contributed by atoms with van der Waals surface area (Å²) >= 11 is 2.31. The Bertz CT molecular complexity index is 1170. The Morgan fingerprint density at radius 3 is 2.71 bits per heavy atom. The Morgan fingerprint density at radius 1 is 1.32 bits per heavy atom. The molecule has 0 atom stereocenters. The minimum atomic E-state index is -0.868. The highest BCUT2D eigenvalue weighted by Crippen LogP contribution is 2.27. The molecule has 1 amide bonds. The van der Waals surface area contributed by atoms with Gasteiger partial charge in [-0.25, -0.2) is 13.8 Å². The highest BCUT2D eigenvalue weighted by atomic mass is 32.2. The second kappa shape index (κ2) is 10.0. The number of nitrogens with zero attached hydrogens (tertiary/aromatic N) is 4. The van der Waals surface area contributed by atoms with Gasteiger partial charge < -0.3 is 10.2 Å². The van der Waals surface area contributed by atoms with Crippen LogP contribution in [0.15, 0.2) is 40.8 Å². The fourth-order valence-corrected chi connectivity index (χ4v) is 4.69. The fourth-order valence-electron chi connectivity index (χ4n) is 2.81. The summed E-state index contributed by atoms with van der Waals surface area (Å²) in [6.07, 6.45) is 1.57. The van der Waals surface area contributed by atoms with Crippen molar-refractivity contribution >= 4 is 50.2 Å². The van der Waals surface area contributed by atoms with Gasteiger partial charge in [0, 0.05) is 25.7 Å². The van der Waals surface area contributed by atoms with Gasteiger partial charge in [0.2, 0.25) is 5.91 Å². The molecule has 1 aromatic carbocycles. The third-order valence-corrected chi connectivity index (χ3v) is 6.42. The van der Waals surface area contributed by atoms with Crippen molar-refractivity contribution in [2.45, 2.75) is 25.5 Å². The summed E-state index contributed by atoms with van der Waals surface area (Å²) in [4.78, 5) is 36.3. The zero-order valence-electron chi connectivity index (χ0n) is 17.0. The zero-order valence-corrected chi connectivity index (χ0v) is 18.7. The van der Waals surface area contributed by atoms with Crippen LogP contribution in [0, 0.1) is 11.6 Å². The van der Waals surface area contributed by atoms with E-state index >= 15 is 0 Å². The average Bonchev–Trinajstić information content (AvgIpc) is 3.16. The summed E-state index contributed by atoms with van der Waals surface area (Å²) in [5.41, 5.74) is -0.0553. The quantitative estimate of drug-likeness (QED) is 0.293. The van der Waals surface area contributed by atoms with E-state index in [1.165, 1.54) is 15.9 Å². The minimum absolute atomic E-state index is 0.123. The first-order valence-corrected chi connectivity index (χ1v) is 11.3. The molecule has 11 heteroatoms. The van der Waals surface area contributed by atoms with Crippen LogP contribution in [-0.4, -0.2) is 39.3 Å². The predicted molar refractivity (Wildman–Crippen MR) is 121 cm³/mol. The molecule has 0 bridgehead atoms. The molecule has 0 radical (unpaired) electrons. The molecule has 31 heavy (non-hydrogen) atoms. The van der Waals surface area contributed by atoms with Crippen LogP contribution >= 0.6 is 23.1 Å². The molecular weight excluding hydrogens is 444 g/mol. The van der Waals surface area contributed by atoms with Crippen molar-refractivity contribution < 1.29 is 13.6 Å². The van der Waals surface area contributed by atoms with Gasteiger partial charge in [-0.2, -0.15) is 4.98 Å². The molecule has 3 aromatic rings. The number of hydrogen-bond acceptors (Lipinski definition) is 7. The van der Waals surface area contributed by atoms with Crippen molar-refractivity contribution in [2.24, 2.45) is 0 Å². The standard InChI is InChI=1S/C20H21F2N5O2S2/c1-4-9-27-18(29)16-17(24-19(31-16)26(5-2)6-3)25-20(27)30-11-15(28)23-14-8-7-12(21)10-13(14)22/h4,7-8,10H,1,5-6,9,11H2,2-3H3,(H,23,28). The lowest BCUT2D eigenvalue weighted by atomic mass is 10.3. The monoisotopic (exact) mass is 465 g/mol. The average molecular weight is 466 g/mol. The molecule has 0 aliphatic heterocycles. The van der Waals surface area contributed by atoms with E-state index in [2.05, 4.69) is 21.9 Å². The molecule has 0 aliphatic rings. The van der Waals surface area contributed by atoms with Gasteiger partial charge in [-0.3, -0.25) is 14.2 Å². The lowest BCUT2D eigenvalue weighted by molar-refractivity contribution is -0.113. The molecular formula is C20H21F2N5O2S2. The van der Waals surface area contributed by atoms with Gasteiger partial charge >= 0.3 is 0 Å². The molecule has 7 nitrogen and oxygen atoms in total. The smallest absolute Gasteiger partial charge is 0.274 e. The van der Waals surface area contributed by atoms with Crippen LogP contribution in [0.5, 0.6) is 0 Å². The van der Waals surface area contributed by atoms with Crippen molar-refractivity contribution in [3.63, 3.8) is 0 Å². The zero-order chi connectivity index (χ0) is 22.5. The largest absolute Gasteiger partial charge is 0.349 e. The number of halogens is 2.